The lowest BCUT2D eigenvalue weighted by molar-refractivity contribution is 0.810. The van der Waals surface area contributed by atoms with E-state index in [1.807, 2.05) is 18.5 Å². The number of hydrogen-bond acceptors (Lipinski definition) is 2. The van der Waals surface area contributed by atoms with Crippen molar-refractivity contribution in [1.29, 1.82) is 0 Å². The first-order valence-electron chi connectivity index (χ1n) is 4.72. The van der Waals surface area contributed by atoms with Gasteiger partial charge >= 0.3 is 0 Å². The van der Waals surface area contributed by atoms with Gasteiger partial charge in [0.1, 0.15) is 0 Å². The van der Waals surface area contributed by atoms with Crippen LogP contribution < -0.4 is 0 Å². The first kappa shape index (κ1) is 9.90. The van der Waals surface area contributed by atoms with Crippen molar-refractivity contribution in [1.82, 2.24) is 9.97 Å². The van der Waals surface area contributed by atoms with E-state index in [-0.39, 0.29) is 0 Å². The van der Waals surface area contributed by atoms with Crippen LogP contribution in [0.15, 0.2) is 18.5 Å². The molecule has 1 aromatic rings. The Morgan fingerprint density at radius 2 is 2.08 bits per heavy atom. The smallest absolute Gasteiger partial charge is 0.0809 e. The predicted molar refractivity (Wildman–Crippen MR) is 55.4 cm³/mol. The van der Waals surface area contributed by atoms with Gasteiger partial charge in [-0.05, 0) is 18.4 Å². The maximum Gasteiger partial charge on any atom is 0.0809 e. The molecule has 0 unspecified atom stereocenters. The Balaban J connectivity index is 2.75. The monoisotopic (exact) mass is 176 g/mol. The van der Waals surface area contributed by atoms with Crippen LogP contribution in [0.2, 0.25) is 0 Å². The molecule has 70 valence electrons. The summed E-state index contributed by atoms with van der Waals surface area (Å²) in [5, 5.41) is 0. The Kier molecular flexibility index (Phi) is 3.62. The Morgan fingerprint density at radius 3 is 2.54 bits per heavy atom. The summed E-state index contributed by atoms with van der Waals surface area (Å²) >= 11 is 0. The second-order valence-electron chi connectivity index (χ2n) is 3.33. The standard InChI is InChI=1S/C11H16N2/c1-4-5-6-10-7-13-11(8-12-10)9(2)3/h5-9H,4H2,1-3H3/b6-5-. The summed E-state index contributed by atoms with van der Waals surface area (Å²) in [7, 11) is 0. The van der Waals surface area contributed by atoms with Crippen LogP contribution in [0.3, 0.4) is 0 Å². The molecule has 0 fully saturated rings. The molecular weight excluding hydrogens is 160 g/mol. The molecule has 0 saturated carbocycles. The Hall–Kier alpha value is -1.18. The lowest BCUT2D eigenvalue weighted by atomic mass is 10.1. The van der Waals surface area contributed by atoms with Gasteiger partial charge in [-0.2, -0.15) is 0 Å². The van der Waals surface area contributed by atoms with Gasteiger partial charge in [-0.25, -0.2) is 0 Å². The number of allylic oxidation sites excluding steroid dienone is 1. The highest BCUT2D eigenvalue weighted by Crippen LogP contribution is 2.09. The van der Waals surface area contributed by atoms with Crippen LogP contribution in [0.25, 0.3) is 6.08 Å². The molecule has 0 radical (unpaired) electrons. The van der Waals surface area contributed by atoms with Crippen molar-refractivity contribution in [3.63, 3.8) is 0 Å². The molecule has 1 heterocycles. The van der Waals surface area contributed by atoms with E-state index < -0.39 is 0 Å². The topological polar surface area (TPSA) is 25.8 Å². The number of nitrogens with zero attached hydrogens (tertiary/aromatic N) is 2. The summed E-state index contributed by atoms with van der Waals surface area (Å²) in [4.78, 5) is 8.61. The third-order valence-electron chi connectivity index (χ3n) is 1.81. The molecule has 1 aromatic heterocycles. The van der Waals surface area contributed by atoms with Gasteiger partial charge in [0.25, 0.3) is 0 Å². The molecule has 0 aromatic carbocycles. The summed E-state index contributed by atoms with van der Waals surface area (Å²) in [5.41, 5.74) is 1.99. The molecule has 0 aliphatic rings. The molecule has 0 atom stereocenters. The van der Waals surface area contributed by atoms with E-state index in [1.165, 1.54) is 0 Å². The highest BCUT2D eigenvalue weighted by molar-refractivity contribution is 5.42. The van der Waals surface area contributed by atoms with Gasteiger partial charge in [0.15, 0.2) is 0 Å². The molecule has 0 N–H and O–H groups in total. The molecular formula is C11H16N2. The summed E-state index contributed by atoms with van der Waals surface area (Å²) in [5.74, 6) is 0.455. The van der Waals surface area contributed by atoms with Crippen LogP contribution in [0.1, 0.15) is 44.5 Å². The van der Waals surface area contributed by atoms with E-state index in [9.17, 15) is 0 Å². The number of hydrogen-bond donors (Lipinski definition) is 0. The van der Waals surface area contributed by atoms with E-state index in [2.05, 4.69) is 36.8 Å². The summed E-state index contributed by atoms with van der Waals surface area (Å²) in [6, 6.07) is 0. The van der Waals surface area contributed by atoms with Crippen molar-refractivity contribution in [2.75, 3.05) is 0 Å². The third-order valence-corrected chi connectivity index (χ3v) is 1.81. The van der Waals surface area contributed by atoms with Gasteiger partial charge < -0.3 is 0 Å². The quantitative estimate of drug-likeness (QED) is 0.707. The van der Waals surface area contributed by atoms with E-state index in [0.717, 1.165) is 17.8 Å². The van der Waals surface area contributed by atoms with Crippen molar-refractivity contribution >= 4 is 6.08 Å². The zero-order chi connectivity index (χ0) is 9.68. The SMILES string of the molecule is CC/C=C\c1cnc(C(C)C)cn1. The van der Waals surface area contributed by atoms with Crippen molar-refractivity contribution in [3.05, 3.63) is 29.9 Å². The van der Waals surface area contributed by atoms with Gasteiger partial charge in [-0.3, -0.25) is 9.97 Å². The fourth-order valence-electron chi connectivity index (χ4n) is 0.971. The van der Waals surface area contributed by atoms with Crippen molar-refractivity contribution in [2.24, 2.45) is 0 Å². The highest BCUT2D eigenvalue weighted by Gasteiger charge is 1.99. The molecule has 0 aliphatic carbocycles. The van der Waals surface area contributed by atoms with Crippen LogP contribution >= 0.6 is 0 Å². The molecule has 0 bridgehead atoms. The largest absolute Gasteiger partial charge is 0.257 e. The molecule has 0 amide bonds. The van der Waals surface area contributed by atoms with E-state index in [0.29, 0.717) is 5.92 Å². The second kappa shape index (κ2) is 4.75. The predicted octanol–water partition coefficient (Wildman–Crippen LogP) is 3.02. The Labute approximate surface area is 79.7 Å². The van der Waals surface area contributed by atoms with Gasteiger partial charge in [-0.15, -0.1) is 0 Å². The van der Waals surface area contributed by atoms with Crippen molar-refractivity contribution in [2.45, 2.75) is 33.1 Å². The fraction of sp³-hybridized carbons (Fsp3) is 0.455. The van der Waals surface area contributed by atoms with Crippen molar-refractivity contribution in [3.8, 4) is 0 Å². The van der Waals surface area contributed by atoms with Gasteiger partial charge in [0.2, 0.25) is 0 Å². The third kappa shape index (κ3) is 2.98. The molecule has 2 nitrogen and oxygen atoms in total. The van der Waals surface area contributed by atoms with E-state index in [4.69, 9.17) is 0 Å². The van der Waals surface area contributed by atoms with Crippen LogP contribution in [-0.4, -0.2) is 9.97 Å². The average Bonchev–Trinajstić information content (AvgIpc) is 2.15. The minimum atomic E-state index is 0.455. The maximum atomic E-state index is 4.32. The average molecular weight is 176 g/mol. The maximum absolute atomic E-state index is 4.32. The van der Waals surface area contributed by atoms with Crippen LogP contribution in [0.4, 0.5) is 0 Å². The number of rotatable bonds is 3. The van der Waals surface area contributed by atoms with E-state index >= 15 is 0 Å². The summed E-state index contributed by atoms with van der Waals surface area (Å²) in [6.45, 7) is 6.34. The zero-order valence-corrected chi connectivity index (χ0v) is 8.49. The summed E-state index contributed by atoms with van der Waals surface area (Å²) < 4.78 is 0. The van der Waals surface area contributed by atoms with Gasteiger partial charge in [0.05, 0.1) is 17.6 Å². The first-order chi connectivity index (χ1) is 6.24. The molecule has 0 aliphatic heterocycles. The normalized spacial score (nSPS) is 11.4. The second-order valence-corrected chi connectivity index (χ2v) is 3.33. The zero-order valence-electron chi connectivity index (χ0n) is 8.49. The van der Waals surface area contributed by atoms with Crippen LogP contribution in [0.5, 0.6) is 0 Å². The lowest BCUT2D eigenvalue weighted by Gasteiger charge is -2.02. The van der Waals surface area contributed by atoms with Crippen LogP contribution in [-0.2, 0) is 0 Å². The molecule has 0 spiro atoms. The summed E-state index contributed by atoms with van der Waals surface area (Å²) in [6.07, 6.45) is 8.78. The fourth-order valence-corrected chi connectivity index (χ4v) is 0.971. The Morgan fingerprint density at radius 1 is 1.31 bits per heavy atom. The first-order valence-corrected chi connectivity index (χ1v) is 4.72. The van der Waals surface area contributed by atoms with Crippen LogP contribution in [0, 0.1) is 0 Å². The number of aromatic nitrogens is 2. The minimum absolute atomic E-state index is 0.455. The Bertz CT molecular complexity index is 273. The lowest BCUT2D eigenvalue weighted by Crippen LogP contribution is -1.94. The highest BCUT2D eigenvalue weighted by atomic mass is 14.8. The van der Waals surface area contributed by atoms with Gasteiger partial charge in [0, 0.05) is 6.20 Å². The molecule has 13 heavy (non-hydrogen) atoms. The molecule has 0 saturated heterocycles. The molecule has 2 heteroatoms. The molecule has 1 rings (SSSR count). The minimum Gasteiger partial charge on any atom is -0.257 e. The van der Waals surface area contributed by atoms with Gasteiger partial charge in [-0.1, -0.05) is 26.8 Å². The van der Waals surface area contributed by atoms with E-state index in [1.54, 1.807) is 0 Å². The van der Waals surface area contributed by atoms with Crippen molar-refractivity contribution < 1.29 is 0 Å².